The van der Waals surface area contributed by atoms with Gasteiger partial charge in [-0.3, -0.25) is 0 Å². The molecule has 0 aliphatic carbocycles. The van der Waals surface area contributed by atoms with Crippen LogP contribution in [0.4, 0.5) is 10.5 Å². The summed E-state index contributed by atoms with van der Waals surface area (Å²) >= 11 is 1.60. The topological polar surface area (TPSA) is 54.0 Å². The van der Waals surface area contributed by atoms with Crippen LogP contribution >= 0.6 is 11.3 Å². The molecule has 0 spiro atoms. The van der Waals surface area contributed by atoms with Crippen LogP contribution in [0.3, 0.4) is 0 Å². The summed E-state index contributed by atoms with van der Waals surface area (Å²) in [6.45, 7) is 4.51. The van der Waals surface area contributed by atoms with Crippen molar-refractivity contribution < 1.29 is 4.79 Å². The normalized spacial score (nSPS) is 10.4. The summed E-state index contributed by atoms with van der Waals surface area (Å²) in [6, 6.07) is 15.6. The minimum Gasteiger partial charge on any atom is -0.334 e. The van der Waals surface area contributed by atoms with Gasteiger partial charge in [0.05, 0.1) is 0 Å². The number of hydrogen-bond donors (Lipinski definition) is 2. The van der Waals surface area contributed by atoms with Gasteiger partial charge in [0, 0.05) is 28.9 Å². The van der Waals surface area contributed by atoms with Gasteiger partial charge in [0.1, 0.15) is 5.01 Å². The summed E-state index contributed by atoms with van der Waals surface area (Å²) in [6.07, 6.45) is 0. The zero-order valence-corrected chi connectivity index (χ0v) is 14.5. The average Bonchev–Trinajstić information content (AvgIpc) is 3.01. The number of benzene rings is 2. The van der Waals surface area contributed by atoms with Gasteiger partial charge in [-0.15, -0.1) is 11.3 Å². The Morgan fingerprint density at radius 1 is 1.12 bits per heavy atom. The number of carbonyl (C=O) groups is 1. The van der Waals surface area contributed by atoms with Crippen LogP contribution in [0.5, 0.6) is 0 Å². The molecule has 0 aliphatic heterocycles. The number of rotatable bonds is 4. The van der Waals surface area contributed by atoms with Crippen molar-refractivity contribution in [1.82, 2.24) is 10.3 Å². The Kier molecular flexibility index (Phi) is 4.91. The van der Waals surface area contributed by atoms with Crippen molar-refractivity contribution in [3.05, 3.63) is 70.7 Å². The first-order valence-corrected chi connectivity index (χ1v) is 8.61. The fourth-order valence-electron chi connectivity index (χ4n) is 2.28. The van der Waals surface area contributed by atoms with Gasteiger partial charge in [-0.2, -0.15) is 0 Å². The van der Waals surface area contributed by atoms with E-state index in [4.69, 9.17) is 0 Å². The zero-order chi connectivity index (χ0) is 16.9. The third-order valence-electron chi connectivity index (χ3n) is 3.56. The number of carbonyl (C=O) groups excluding carboxylic acids is 1. The molecule has 1 heterocycles. The maximum atomic E-state index is 12.1. The van der Waals surface area contributed by atoms with E-state index in [0.717, 1.165) is 27.5 Å². The van der Waals surface area contributed by atoms with Crippen molar-refractivity contribution in [3.63, 3.8) is 0 Å². The van der Waals surface area contributed by atoms with Gasteiger partial charge in [0.2, 0.25) is 0 Å². The van der Waals surface area contributed by atoms with Gasteiger partial charge in [0.15, 0.2) is 0 Å². The van der Waals surface area contributed by atoms with Crippen LogP contribution in [0, 0.1) is 13.8 Å². The Labute approximate surface area is 145 Å². The molecule has 0 bridgehead atoms. The van der Waals surface area contributed by atoms with E-state index >= 15 is 0 Å². The monoisotopic (exact) mass is 337 g/mol. The van der Waals surface area contributed by atoms with Crippen molar-refractivity contribution in [1.29, 1.82) is 0 Å². The standard InChI is InChI=1S/C19H19N3OS/c1-13-6-8-15(9-7-13)11-20-19(23)22-17-5-3-4-16(10-17)18-21-14(2)12-24-18/h3-10,12H,11H2,1-2H3,(H2,20,22,23). The number of thiazole rings is 1. The van der Waals surface area contributed by atoms with E-state index in [1.54, 1.807) is 11.3 Å². The Hall–Kier alpha value is -2.66. The van der Waals surface area contributed by atoms with Crippen molar-refractivity contribution >= 4 is 23.1 Å². The maximum Gasteiger partial charge on any atom is 0.319 e. The van der Waals surface area contributed by atoms with E-state index in [-0.39, 0.29) is 6.03 Å². The number of nitrogens with zero attached hydrogens (tertiary/aromatic N) is 1. The lowest BCUT2D eigenvalue weighted by atomic mass is 10.1. The van der Waals surface area contributed by atoms with Crippen LogP contribution in [0.1, 0.15) is 16.8 Å². The third-order valence-corrected chi connectivity index (χ3v) is 4.57. The molecule has 24 heavy (non-hydrogen) atoms. The fourth-order valence-corrected chi connectivity index (χ4v) is 3.07. The molecule has 5 heteroatoms. The first-order chi connectivity index (χ1) is 11.6. The van der Waals surface area contributed by atoms with Crippen LogP contribution in [-0.4, -0.2) is 11.0 Å². The summed E-state index contributed by atoms with van der Waals surface area (Å²) in [4.78, 5) is 16.5. The predicted molar refractivity (Wildman–Crippen MR) is 99.3 cm³/mol. The number of aryl methyl sites for hydroxylation is 2. The molecule has 2 N–H and O–H groups in total. The second kappa shape index (κ2) is 7.27. The third kappa shape index (κ3) is 4.20. The lowest BCUT2D eigenvalue weighted by molar-refractivity contribution is 0.251. The number of aromatic nitrogens is 1. The maximum absolute atomic E-state index is 12.1. The molecule has 0 aliphatic rings. The highest BCUT2D eigenvalue weighted by atomic mass is 32.1. The van der Waals surface area contributed by atoms with Crippen LogP contribution < -0.4 is 10.6 Å². The van der Waals surface area contributed by atoms with Crippen LogP contribution in [0.15, 0.2) is 53.9 Å². The van der Waals surface area contributed by atoms with Crippen molar-refractivity contribution in [2.24, 2.45) is 0 Å². The highest BCUT2D eigenvalue weighted by Gasteiger charge is 2.06. The molecule has 122 valence electrons. The number of hydrogen-bond acceptors (Lipinski definition) is 3. The summed E-state index contributed by atoms with van der Waals surface area (Å²) in [5.74, 6) is 0. The Morgan fingerprint density at radius 2 is 1.92 bits per heavy atom. The smallest absolute Gasteiger partial charge is 0.319 e. The highest BCUT2D eigenvalue weighted by molar-refractivity contribution is 7.13. The van der Waals surface area contributed by atoms with E-state index in [1.165, 1.54) is 5.56 Å². The first-order valence-electron chi connectivity index (χ1n) is 7.73. The van der Waals surface area contributed by atoms with Crippen molar-refractivity contribution in [3.8, 4) is 10.6 Å². The minimum absolute atomic E-state index is 0.219. The average molecular weight is 337 g/mol. The van der Waals surface area contributed by atoms with E-state index in [1.807, 2.05) is 67.8 Å². The molecule has 0 saturated heterocycles. The zero-order valence-electron chi connectivity index (χ0n) is 13.7. The minimum atomic E-state index is -0.219. The number of urea groups is 1. The molecule has 0 atom stereocenters. The lowest BCUT2D eigenvalue weighted by Gasteiger charge is -2.09. The van der Waals surface area contributed by atoms with Gasteiger partial charge < -0.3 is 10.6 Å². The molecule has 3 rings (SSSR count). The van der Waals surface area contributed by atoms with Crippen LogP contribution in [-0.2, 0) is 6.54 Å². The summed E-state index contributed by atoms with van der Waals surface area (Å²) in [5, 5.41) is 8.71. The molecule has 0 radical (unpaired) electrons. The summed E-state index contributed by atoms with van der Waals surface area (Å²) in [5.41, 5.74) is 5.04. The lowest BCUT2D eigenvalue weighted by Crippen LogP contribution is -2.28. The predicted octanol–water partition coefficient (Wildman–Crippen LogP) is 4.75. The number of anilines is 1. The van der Waals surface area contributed by atoms with Crippen molar-refractivity contribution in [2.75, 3.05) is 5.32 Å². The summed E-state index contributed by atoms with van der Waals surface area (Å²) in [7, 11) is 0. The molecule has 2 aromatic carbocycles. The van der Waals surface area contributed by atoms with Crippen LogP contribution in [0.25, 0.3) is 10.6 Å². The van der Waals surface area contributed by atoms with Crippen LogP contribution in [0.2, 0.25) is 0 Å². The van der Waals surface area contributed by atoms with E-state index < -0.39 is 0 Å². The van der Waals surface area contributed by atoms with Gasteiger partial charge >= 0.3 is 6.03 Å². The highest BCUT2D eigenvalue weighted by Crippen LogP contribution is 2.25. The molecule has 0 saturated carbocycles. The Balaban J connectivity index is 1.61. The van der Waals surface area contributed by atoms with Gasteiger partial charge in [-0.05, 0) is 31.5 Å². The van der Waals surface area contributed by atoms with Gasteiger partial charge in [-0.1, -0.05) is 42.0 Å². The second-order valence-corrected chi connectivity index (χ2v) is 6.53. The molecular formula is C19H19N3OS. The molecule has 3 aromatic rings. The molecule has 4 nitrogen and oxygen atoms in total. The summed E-state index contributed by atoms with van der Waals surface area (Å²) < 4.78 is 0. The molecule has 2 amide bonds. The van der Waals surface area contributed by atoms with E-state index in [0.29, 0.717) is 6.54 Å². The molecule has 0 fully saturated rings. The molecule has 0 unspecified atom stereocenters. The molecular weight excluding hydrogens is 318 g/mol. The number of nitrogens with one attached hydrogen (secondary N) is 2. The number of amides is 2. The Morgan fingerprint density at radius 3 is 2.62 bits per heavy atom. The Bertz CT molecular complexity index is 840. The molecule has 1 aromatic heterocycles. The van der Waals surface area contributed by atoms with E-state index in [2.05, 4.69) is 15.6 Å². The quantitative estimate of drug-likeness (QED) is 0.722. The fraction of sp³-hybridized carbons (Fsp3) is 0.158. The van der Waals surface area contributed by atoms with Gasteiger partial charge in [-0.25, -0.2) is 9.78 Å². The second-order valence-electron chi connectivity index (χ2n) is 5.67. The van der Waals surface area contributed by atoms with Crippen molar-refractivity contribution in [2.45, 2.75) is 20.4 Å². The first kappa shape index (κ1) is 16.2. The largest absolute Gasteiger partial charge is 0.334 e. The van der Waals surface area contributed by atoms with Gasteiger partial charge in [0.25, 0.3) is 0 Å². The SMILES string of the molecule is Cc1ccc(CNC(=O)Nc2cccc(-c3nc(C)cs3)c2)cc1. The van der Waals surface area contributed by atoms with E-state index in [9.17, 15) is 4.79 Å².